The van der Waals surface area contributed by atoms with Gasteiger partial charge in [0, 0.05) is 23.2 Å². The molecule has 0 radical (unpaired) electrons. The number of amides is 1. The van der Waals surface area contributed by atoms with Crippen LogP contribution in [0.3, 0.4) is 0 Å². The molecule has 2 aromatic carbocycles. The minimum absolute atomic E-state index is 0.0770. The second-order valence-electron chi connectivity index (χ2n) is 6.21. The molecule has 6 heteroatoms. The lowest BCUT2D eigenvalue weighted by atomic mass is 10.1. The lowest BCUT2D eigenvalue weighted by Crippen LogP contribution is -2.32. The Balaban J connectivity index is 1.66. The number of benzene rings is 2. The van der Waals surface area contributed by atoms with Gasteiger partial charge in [-0.15, -0.1) is 0 Å². The fourth-order valence-electron chi connectivity index (χ4n) is 2.85. The van der Waals surface area contributed by atoms with E-state index in [0.717, 1.165) is 34.4 Å². The Kier molecular flexibility index (Phi) is 6.27. The molecule has 0 saturated carbocycles. The Labute approximate surface area is 163 Å². The van der Waals surface area contributed by atoms with E-state index in [1.807, 2.05) is 66.4 Å². The molecule has 1 amide bonds. The van der Waals surface area contributed by atoms with Crippen molar-refractivity contribution in [1.29, 1.82) is 0 Å². The number of methoxy groups -OCH3 is 1. The van der Waals surface area contributed by atoms with E-state index in [1.54, 1.807) is 7.11 Å². The van der Waals surface area contributed by atoms with Gasteiger partial charge in [-0.25, -0.2) is 4.98 Å². The highest BCUT2D eigenvalue weighted by molar-refractivity contribution is 6.30. The smallest absolute Gasteiger partial charge is 0.238 e. The molecular formula is C21H22ClN3O2. The number of carbonyl (C=O) groups excluding carboxylic acids is 1. The third-order valence-electron chi connectivity index (χ3n) is 4.33. The standard InChI is InChI=1S/C21H22ClN3O2/c1-3-25(14-20(26)23-17-8-10-18(27-2)11-9-17)13-16-12-15-6-4-5-7-19(15)24-21(16)22/h4-12H,3,13-14H2,1-2H3,(H,23,26). The van der Waals surface area contributed by atoms with E-state index in [-0.39, 0.29) is 12.5 Å². The molecule has 0 fully saturated rings. The van der Waals surface area contributed by atoms with Crippen molar-refractivity contribution in [3.05, 3.63) is 65.3 Å². The summed E-state index contributed by atoms with van der Waals surface area (Å²) in [5, 5.41) is 4.42. The zero-order chi connectivity index (χ0) is 19.2. The maximum Gasteiger partial charge on any atom is 0.238 e. The number of anilines is 1. The van der Waals surface area contributed by atoms with Crippen LogP contribution in [0.1, 0.15) is 12.5 Å². The van der Waals surface area contributed by atoms with E-state index in [4.69, 9.17) is 16.3 Å². The van der Waals surface area contributed by atoms with Crippen LogP contribution in [-0.4, -0.2) is 36.0 Å². The monoisotopic (exact) mass is 383 g/mol. The molecule has 140 valence electrons. The van der Waals surface area contributed by atoms with E-state index in [2.05, 4.69) is 10.3 Å². The van der Waals surface area contributed by atoms with Gasteiger partial charge in [-0.2, -0.15) is 0 Å². The predicted octanol–water partition coefficient (Wildman–Crippen LogP) is 4.36. The lowest BCUT2D eigenvalue weighted by molar-refractivity contribution is -0.117. The first-order chi connectivity index (χ1) is 13.1. The highest BCUT2D eigenvalue weighted by Gasteiger charge is 2.13. The molecule has 0 aliphatic heterocycles. The minimum Gasteiger partial charge on any atom is -0.497 e. The topological polar surface area (TPSA) is 54.5 Å². The Bertz CT molecular complexity index is 928. The first-order valence-electron chi connectivity index (χ1n) is 8.79. The van der Waals surface area contributed by atoms with Crippen molar-refractivity contribution >= 4 is 34.1 Å². The number of carbonyl (C=O) groups is 1. The van der Waals surface area contributed by atoms with Crippen LogP contribution >= 0.6 is 11.6 Å². The third-order valence-corrected chi connectivity index (χ3v) is 4.66. The number of rotatable bonds is 7. The van der Waals surface area contributed by atoms with Crippen molar-refractivity contribution in [1.82, 2.24) is 9.88 Å². The molecule has 3 rings (SSSR count). The molecule has 1 N–H and O–H groups in total. The van der Waals surface area contributed by atoms with Crippen LogP contribution in [0.5, 0.6) is 5.75 Å². The van der Waals surface area contributed by atoms with Crippen LogP contribution in [0.2, 0.25) is 5.15 Å². The first-order valence-corrected chi connectivity index (χ1v) is 9.17. The molecule has 0 aliphatic carbocycles. The Hall–Kier alpha value is -2.63. The summed E-state index contributed by atoms with van der Waals surface area (Å²) in [6.07, 6.45) is 0. The van der Waals surface area contributed by atoms with Gasteiger partial charge in [0.1, 0.15) is 10.9 Å². The van der Waals surface area contributed by atoms with Crippen molar-refractivity contribution < 1.29 is 9.53 Å². The maximum absolute atomic E-state index is 12.4. The van der Waals surface area contributed by atoms with Crippen LogP contribution in [0.25, 0.3) is 10.9 Å². The summed E-state index contributed by atoms with van der Waals surface area (Å²) in [5.41, 5.74) is 2.52. The molecule has 0 bridgehead atoms. The van der Waals surface area contributed by atoms with Crippen molar-refractivity contribution in [3.63, 3.8) is 0 Å². The van der Waals surface area contributed by atoms with Gasteiger partial charge < -0.3 is 10.1 Å². The number of nitrogens with zero attached hydrogens (tertiary/aromatic N) is 2. The fraction of sp³-hybridized carbons (Fsp3) is 0.238. The number of hydrogen-bond acceptors (Lipinski definition) is 4. The van der Waals surface area contributed by atoms with Gasteiger partial charge in [0.2, 0.25) is 5.91 Å². The summed E-state index contributed by atoms with van der Waals surface area (Å²) in [6, 6.07) is 17.2. The quantitative estimate of drug-likeness (QED) is 0.616. The fourth-order valence-corrected chi connectivity index (χ4v) is 3.05. The maximum atomic E-state index is 12.4. The Morgan fingerprint density at radius 2 is 1.93 bits per heavy atom. The van der Waals surface area contributed by atoms with Gasteiger partial charge >= 0.3 is 0 Å². The average Bonchev–Trinajstić information content (AvgIpc) is 2.68. The van der Waals surface area contributed by atoms with Crippen molar-refractivity contribution in [3.8, 4) is 5.75 Å². The summed E-state index contributed by atoms with van der Waals surface area (Å²) in [5.74, 6) is 0.675. The Morgan fingerprint density at radius 3 is 2.63 bits per heavy atom. The molecule has 0 unspecified atom stereocenters. The summed E-state index contributed by atoms with van der Waals surface area (Å²) in [7, 11) is 1.61. The largest absolute Gasteiger partial charge is 0.497 e. The number of fused-ring (bicyclic) bond motifs is 1. The number of halogens is 1. The second-order valence-corrected chi connectivity index (χ2v) is 6.57. The van der Waals surface area contributed by atoms with Gasteiger partial charge in [0.25, 0.3) is 0 Å². The van der Waals surface area contributed by atoms with Gasteiger partial charge in [-0.1, -0.05) is 36.7 Å². The van der Waals surface area contributed by atoms with Gasteiger partial charge in [-0.05, 0) is 42.9 Å². The summed E-state index contributed by atoms with van der Waals surface area (Å²) >= 11 is 6.35. The number of ether oxygens (including phenoxy) is 1. The number of nitrogens with one attached hydrogen (secondary N) is 1. The van der Waals surface area contributed by atoms with Gasteiger partial charge in [0.15, 0.2) is 0 Å². The van der Waals surface area contributed by atoms with E-state index in [0.29, 0.717) is 11.7 Å². The lowest BCUT2D eigenvalue weighted by Gasteiger charge is -2.20. The highest BCUT2D eigenvalue weighted by atomic mass is 35.5. The van der Waals surface area contributed by atoms with Gasteiger partial charge in [-0.3, -0.25) is 9.69 Å². The summed E-state index contributed by atoms with van der Waals surface area (Å²) in [4.78, 5) is 18.9. The molecule has 3 aromatic rings. The van der Waals surface area contributed by atoms with E-state index in [9.17, 15) is 4.79 Å². The van der Waals surface area contributed by atoms with E-state index in [1.165, 1.54) is 0 Å². The number of likely N-dealkylation sites (N-methyl/N-ethyl adjacent to an activating group) is 1. The normalized spacial score (nSPS) is 11.0. The molecule has 0 atom stereocenters. The number of hydrogen-bond donors (Lipinski definition) is 1. The molecule has 5 nitrogen and oxygen atoms in total. The molecule has 0 saturated heterocycles. The number of aromatic nitrogens is 1. The number of pyridine rings is 1. The summed E-state index contributed by atoms with van der Waals surface area (Å²) in [6.45, 7) is 3.57. The molecule has 1 heterocycles. The molecular weight excluding hydrogens is 362 g/mol. The minimum atomic E-state index is -0.0770. The Morgan fingerprint density at radius 1 is 1.19 bits per heavy atom. The molecule has 1 aromatic heterocycles. The molecule has 0 spiro atoms. The highest BCUT2D eigenvalue weighted by Crippen LogP contribution is 2.22. The summed E-state index contributed by atoms with van der Waals surface area (Å²) < 4.78 is 5.12. The van der Waals surface area contributed by atoms with Crippen LogP contribution in [-0.2, 0) is 11.3 Å². The van der Waals surface area contributed by atoms with Crippen molar-refractivity contribution in [2.24, 2.45) is 0 Å². The molecule has 27 heavy (non-hydrogen) atoms. The van der Waals surface area contributed by atoms with Crippen molar-refractivity contribution in [2.75, 3.05) is 25.5 Å². The first kappa shape index (κ1) is 19.1. The van der Waals surface area contributed by atoms with Crippen LogP contribution in [0.15, 0.2) is 54.6 Å². The van der Waals surface area contributed by atoms with Crippen LogP contribution < -0.4 is 10.1 Å². The number of para-hydroxylation sites is 1. The van der Waals surface area contributed by atoms with Crippen molar-refractivity contribution in [2.45, 2.75) is 13.5 Å². The second kappa shape index (κ2) is 8.84. The van der Waals surface area contributed by atoms with E-state index < -0.39 is 0 Å². The van der Waals surface area contributed by atoms with Crippen LogP contribution in [0.4, 0.5) is 5.69 Å². The average molecular weight is 384 g/mol. The van der Waals surface area contributed by atoms with Gasteiger partial charge in [0.05, 0.1) is 19.2 Å². The predicted molar refractivity (Wildman–Crippen MR) is 109 cm³/mol. The third kappa shape index (κ3) is 4.96. The van der Waals surface area contributed by atoms with Crippen LogP contribution in [0, 0.1) is 0 Å². The van der Waals surface area contributed by atoms with E-state index >= 15 is 0 Å². The zero-order valence-corrected chi connectivity index (χ0v) is 16.2. The SMILES string of the molecule is CCN(CC(=O)Nc1ccc(OC)cc1)Cc1cc2ccccc2nc1Cl. The zero-order valence-electron chi connectivity index (χ0n) is 15.4. The molecule has 0 aliphatic rings.